The van der Waals surface area contributed by atoms with Crippen molar-refractivity contribution in [1.29, 1.82) is 0 Å². The normalized spacial score (nSPS) is 9.86. The molecule has 1 aromatic carbocycles. The zero-order valence-electron chi connectivity index (χ0n) is 8.62. The van der Waals surface area contributed by atoms with Gasteiger partial charge in [0, 0.05) is 0 Å². The Kier molecular flexibility index (Phi) is 4.11. The number of phenols is 1. The number of aromatic hydroxyl groups is 1. The maximum Gasteiger partial charge on any atom is 0.203 e. The van der Waals surface area contributed by atoms with Crippen LogP contribution in [0.1, 0.15) is 20.3 Å². The summed E-state index contributed by atoms with van der Waals surface area (Å²) in [6.07, 6.45) is 0.903. The molecule has 14 heavy (non-hydrogen) atoms. The standard InChI is InChI=1S/C11H16O3/c1-3-8-14-11-9(12)6-5-7-10(11)13-4-2/h5-7,12H,3-4,8H2,1-2H3. The minimum atomic E-state index is 0.129. The highest BCUT2D eigenvalue weighted by Crippen LogP contribution is 2.36. The molecule has 0 aromatic heterocycles. The number of benzene rings is 1. The molecule has 3 heteroatoms. The molecular formula is C11H16O3. The zero-order chi connectivity index (χ0) is 10.4. The third-order valence-corrected chi connectivity index (χ3v) is 1.71. The van der Waals surface area contributed by atoms with Gasteiger partial charge in [-0.2, -0.15) is 0 Å². The Morgan fingerprint density at radius 3 is 2.64 bits per heavy atom. The maximum absolute atomic E-state index is 9.54. The van der Waals surface area contributed by atoms with Crippen LogP contribution in [0.2, 0.25) is 0 Å². The quantitative estimate of drug-likeness (QED) is 0.786. The Morgan fingerprint density at radius 1 is 1.21 bits per heavy atom. The Bertz CT molecular complexity index is 284. The summed E-state index contributed by atoms with van der Waals surface area (Å²) in [5, 5.41) is 9.54. The van der Waals surface area contributed by atoms with E-state index in [1.165, 1.54) is 0 Å². The average Bonchev–Trinajstić information content (AvgIpc) is 2.18. The van der Waals surface area contributed by atoms with E-state index in [4.69, 9.17) is 9.47 Å². The van der Waals surface area contributed by atoms with Gasteiger partial charge in [0.15, 0.2) is 11.5 Å². The first-order valence-electron chi connectivity index (χ1n) is 4.87. The third kappa shape index (κ3) is 2.55. The van der Waals surface area contributed by atoms with Crippen molar-refractivity contribution in [1.82, 2.24) is 0 Å². The number of phenolic OH excluding ortho intramolecular Hbond substituents is 1. The molecule has 0 aliphatic heterocycles. The molecule has 0 fully saturated rings. The smallest absolute Gasteiger partial charge is 0.203 e. The number of hydrogen-bond acceptors (Lipinski definition) is 3. The van der Waals surface area contributed by atoms with Crippen molar-refractivity contribution in [3.63, 3.8) is 0 Å². The summed E-state index contributed by atoms with van der Waals surface area (Å²) in [7, 11) is 0. The van der Waals surface area contributed by atoms with Crippen LogP contribution in [0.5, 0.6) is 17.2 Å². The SMILES string of the molecule is CCCOc1c(O)cccc1OCC. The summed E-state index contributed by atoms with van der Waals surface area (Å²) in [6, 6.07) is 5.11. The average molecular weight is 196 g/mol. The summed E-state index contributed by atoms with van der Waals surface area (Å²) in [5.74, 6) is 1.17. The van der Waals surface area contributed by atoms with E-state index in [2.05, 4.69) is 0 Å². The van der Waals surface area contributed by atoms with Gasteiger partial charge >= 0.3 is 0 Å². The van der Waals surface area contributed by atoms with Crippen LogP contribution in [-0.2, 0) is 0 Å². The van der Waals surface area contributed by atoms with E-state index in [9.17, 15) is 5.11 Å². The summed E-state index contributed by atoms with van der Waals surface area (Å²) in [5.41, 5.74) is 0. The molecule has 0 radical (unpaired) electrons. The van der Waals surface area contributed by atoms with Crippen molar-refractivity contribution in [2.24, 2.45) is 0 Å². The summed E-state index contributed by atoms with van der Waals surface area (Å²) < 4.78 is 10.7. The van der Waals surface area contributed by atoms with E-state index in [-0.39, 0.29) is 5.75 Å². The van der Waals surface area contributed by atoms with Crippen molar-refractivity contribution < 1.29 is 14.6 Å². The third-order valence-electron chi connectivity index (χ3n) is 1.71. The van der Waals surface area contributed by atoms with E-state index in [1.54, 1.807) is 18.2 Å². The molecule has 0 saturated carbocycles. The van der Waals surface area contributed by atoms with Crippen molar-refractivity contribution in [3.05, 3.63) is 18.2 Å². The minimum absolute atomic E-state index is 0.129. The number of para-hydroxylation sites is 1. The molecular weight excluding hydrogens is 180 g/mol. The van der Waals surface area contributed by atoms with E-state index in [0.717, 1.165) is 6.42 Å². The largest absolute Gasteiger partial charge is 0.504 e. The molecule has 0 bridgehead atoms. The van der Waals surface area contributed by atoms with Gasteiger partial charge in [-0.25, -0.2) is 0 Å². The van der Waals surface area contributed by atoms with Gasteiger partial charge in [-0.15, -0.1) is 0 Å². The minimum Gasteiger partial charge on any atom is -0.504 e. The van der Waals surface area contributed by atoms with Gasteiger partial charge in [-0.05, 0) is 25.5 Å². The molecule has 0 saturated heterocycles. The highest BCUT2D eigenvalue weighted by molar-refractivity contribution is 5.50. The number of hydrogen-bond donors (Lipinski definition) is 1. The predicted molar refractivity (Wildman–Crippen MR) is 55.1 cm³/mol. The van der Waals surface area contributed by atoms with Crippen LogP contribution in [0.15, 0.2) is 18.2 Å². The van der Waals surface area contributed by atoms with Crippen molar-refractivity contribution in [2.75, 3.05) is 13.2 Å². The molecule has 78 valence electrons. The second kappa shape index (κ2) is 5.37. The van der Waals surface area contributed by atoms with Crippen LogP contribution in [0.4, 0.5) is 0 Å². The van der Waals surface area contributed by atoms with Crippen LogP contribution in [-0.4, -0.2) is 18.3 Å². The van der Waals surface area contributed by atoms with Crippen molar-refractivity contribution in [3.8, 4) is 17.2 Å². The van der Waals surface area contributed by atoms with Gasteiger partial charge in [0.2, 0.25) is 5.75 Å². The molecule has 3 nitrogen and oxygen atoms in total. The predicted octanol–water partition coefficient (Wildman–Crippen LogP) is 2.58. The van der Waals surface area contributed by atoms with Gasteiger partial charge in [0.25, 0.3) is 0 Å². The van der Waals surface area contributed by atoms with E-state index >= 15 is 0 Å². The highest BCUT2D eigenvalue weighted by atomic mass is 16.5. The Labute approximate surface area is 84.3 Å². The lowest BCUT2D eigenvalue weighted by Gasteiger charge is -2.12. The molecule has 0 aliphatic carbocycles. The Hall–Kier alpha value is -1.38. The molecule has 0 heterocycles. The van der Waals surface area contributed by atoms with E-state index < -0.39 is 0 Å². The van der Waals surface area contributed by atoms with Crippen LogP contribution in [0.3, 0.4) is 0 Å². The van der Waals surface area contributed by atoms with Gasteiger partial charge in [-0.3, -0.25) is 0 Å². The lowest BCUT2D eigenvalue weighted by atomic mass is 10.3. The van der Waals surface area contributed by atoms with Gasteiger partial charge in [0.05, 0.1) is 13.2 Å². The van der Waals surface area contributed by atoms with Gasteiger partial charge in [0.1, 0.15) is 0 Å². The fourth-order valence-corrected chi connectivity index (χ4v) is 1.12. The number of ether oxygens (including phenoxy) is 2. The second-order valence-corrected chi connectivity index (χ2v) is 2.89. The lowest BCUT2D eigenvalue weighted by Crippen LogP contribution is -1.99. The van der Waals surface area contributed by atoms with Gasteiger partial charge < -0.3 is 14.6 Å². The molecule has 1 aromatic rings. The molecule has 0 aliphatic rings. The van der Waals surface area contributed by atoms with Gasteiger partial charge in [-0.1, -0.05) is 13.0 Å². The van der Waals surface area contributed by atoms with E-state index in [0.29, 0.717) is 24.7 Å². The first kappa shape index (κ1) is 10.7. The van der Waals surface area contributed by atoms with E-state index in [1.807, 2.05) is 13.8 Å². The first-order valence-corrected chi connectivity index (χ1v) is 4.87. The number of rotatable bonds is 5. The van der Waals surface area contributed by atoms with Crippen LogP contribution >= 0.6 is 0 Å². The molecule has 0 atom stereocenters. The molecule has 1 rings (SSSR count). The van der Waals surface area contributed by atoms with Crippen molar-refractivity contribution in [2.45, 2.75) is 20.3 Å². The second-order valence-electron chi connectivity index (χ2n) is 2.89. The lowest BCUT2D eigenvalue weighted by molar-refractivity contribution is 0.264. The van der Waals surface area contributed by atoms with Crippen LogP contribution in [0.25, 0.3) is 0 Å². The molecule has 0 amide bonds. The fourth-order valence-electron chi connectivity index (χ4n) is 1.12. The zero-order valence-corrected chi connectivity index (χ0v) is 8.62. The topological polar surface area (TPSA) is 38.7 Å². The van der Waals surface area contributed by atoms with Crippen LogP contribution < -0.4 is 9.47 Å². The summed E-state index contributed by atoms with van der Waals surface area (Å²) >= 11 is 0. The summed E-state index contributed by atoms with van der Waals surface area (Å²) in [6.45, 7) is 5.05. The molecule has 0 spiro atoms. The van der Waals surface area contributed by atoms with Crippen molar-refractivity contribution >= 4 is 0 Å². The highest BCUT2D eigenvalue weighted by Gasteiger charge is 2.09. The Balaban J connectivity index is 2.84. The Morgan fingerprint density at radius 2 is 2.00 bits per heavy atom. The van der Waals surface area contributed by atoms with Crippen LogP contribution in [0, 0.1) is 0 Å². The molecule has 0 unspecified atom stereocenters. The fraction of sp³-hybridized carbons (Fsp3) is 0.455. The summed E-state index contributed by atoms with van der Waals surface area (Å²) in [4.78, 5) is 0. The maximum atomic E-state index is 9.54. The first-order chi connectivity index (χ1) is 6.79. The monoisotopic (exact) mass is 196 g/mol. The molecule has 1 N–H and O–H groups in total.